The summed E-state index contributed by atoms with van der Waals surface area (Å²) in [7, 11) is 0. The molecule has 0 saturated heterocycles. The van der Waals surface area contributed by atoms with Crippen LogP contribution in [0.3, 0.4) is 0 Å². The zero-order valence-corrected chi connectivity index (χ0v) is 6.88. The van der Waals surface area contributed by atoms with Crippen molar-refractivity contribution in [2.24, 2.45) is 5.73 Å². The number of nitrogens with zero attached hydrogens (tertiary/aromatic N) is 2. The van der Waals surface area contributed by atoms with Gasteiger partial charge in [-0.25, -0.2) is 0 Å². The molecule has 66 valence electrons. The van der Waals surface area contributed by atoms with Gasteiger partial charge in [-0.2, -0.15) is 4.98 Å². The van der Waals surface area contributed by atoms with Crippen LogP contribution in [0.1, 0.15) is 25.1 Å². The van der Waals surface area contributed by atoms with Gasteiger partial charge in [-0.1, -0.05) is 6.42 Å². The highest BCUT2D eigenvalue weighted by atomic mass is 15.3. The van der Waals surface area contributed by atoms with Crippen molar-refractivity contribution >= 4 is 5.95 Å². The number of nitrogens with one attached hydrogen (secondary N) is 1. The molecule has 5 N–H and O–H groups in total. The first kappa shape index (κ1) is 7.54. The lowest BCUT2D eigenvalue weighted by atomic mass is 9.68. The largest absolute Gasteiger partial charge is 0.367 e. The minimum absolute atomic E-state index is 0.0463. The summed E-state index contributed by atoms with van der Waals surface area (Å²) in [5.41, 5.74) is 11.1. The molecular weight excluding hydrogens is 154 g/mol. The van der Waals surface area contributed by atoms with Gasteiger partial charge in [0.15, 0.2) is 0 Å². The van der Waals surface area contributed by atoms with E-state index in [1.165, 1.54) is 6.42 Å². The van der Waals surface area contributed by atoms with Crippen LogP contribution >= 0.6 is 0 Å². The Hall–Kier alpha value is -1.10. The fourth-order valence-corrected chi connectivity index (χ4v) is 1.65. The Kier molecular flexibility index (Phi) is 1.54. The van der Waals surface area contributed by atoms with E-state index in [1.54, 1.807) is 0 Å². The Morgan fingerprint density at radius 2 is 2.25 bits per heavy atom. The van der Waals surface area contributed by atoms with Crippen molar-refractivity contribution in [1.29, 1.82) is 0 Å². The van der Waals surface area contributed by atoms with Crippen LogP contribution in [0.4, 0.5) is 5.95 Å². The van der Waals surface area contributed by atoms with Gasteiger partial charge in [0.1, 0.15) is 5.82 Å². The normalized spacial score (nSPS) is 20.4. The van der Waals surface area contributed by atoms with Crippen LogP contribution in [0.5, 0.6) is 0 Å². The minimum Gasteiger partial charge on any atom is -0.367 e. The molecule has 5 nitrogen and oxygen atoms in total. The summed E-state index contributed by atoms with van der Waals surface area (Å²) in [5, 5.41) is 6.63. The van der Waals surface area contributed by atoms with Gasteiger partial charge >= 0.3 is 0 Å². The molecule has 0 radical (unpaired) electrons. The predicted octanol–water partition coefficient (Wildman–Crippen LogP) is -0.233. The molecule has 2 rings (SSSR count). The Morgan fingerprint density at radius 3 is 2.58 bits per heavy atom. The predicted molar refractivity (Wildman–Crippen MR) is 45.4 cm³/mol. The molecule has 1 aromatic rings. The van der Waals surface area contributed by atoms with Crippen molar-refractivity contribution < 1.29 is 0 Å². The summed E-state index contributed by atoms with van der Waals surface area (Å²) >= 11 is 0. The lowest BCUT2D eigenvalue weighted by Gasteiger charge is -2.38. The molecular formula is C7H13N5. The Morgan fingerprint density at radius 1 is 1.50 bits per heavy atom. The van der Waals surface area contributed by atoms with Gasteiger partial charge < -0.3 is 11.5 Å². The van der Waals surface area contributed by atoms with E-state index >= 15 is 0 Å². The van der Waals surface area contributed by atoms with Gasteiger partial charge in [0.05, 0.1) is 0 Å². The molecule has 1 aromatic heterocycles. The lowest BCUT2D eigenvalue weighted by molar-refractivity contribution is 0.239. The second kappa shape index (κ2) is 2.45. The number of hydrogen-bond donors (Lipinski definition) is 3. The van der Waals surface area contributed by atoms with E-state index in [9.17, 15) is 0 Å². The van der Waals surface area contributed by atoms with E-state index in [2.05, 4.69) is 15.2 Å². The standard InChI is InChI=1S/C7H13N5/c8-4-7(2-1-3-7)5-10-6(9)12-11-5/h1-4,8H2,(H3,9,10,11,12). The third kappa shape index (κ3) is 0.896. The Labute approximate surface area is 70.5 Å². The Balaban J connectivity index is 2.27. The van der Waals surface area contributed by atoms with Gasteiger partial charge in [0, 0.05) is 12.0 Å². The van der Waals surface area contributed by atoms with Gasteiger partial charge in [-0.15, -0.1) is 5.10 Å². The summed E-state index contributed by atoms with van der Waals surface area (Å²) in [6.07, 6.45) is 3.41. The molecule has 1 saturated carbocycles. The molecule has 1 heterocycles. The van der Waals surface area contributed by atoms with Gasteiger partial charge in [-0.05, 0) is 12.8 Å². The van der Waals surface area contributed by atoms with E-state index in [4.69, 9.17) is 11.5 Å². The minimum atomic E-state index is 0.0463. The number of anilines is 1. The molecule has 0 amide bonds. The Bertz CT molecular complexity index is 270. The smallest absolute Gasteiger partial charge is 0.239 e. The molecule has 12 heavy (non-hydrogen) atoms. The maximum Gasteiger partial charge on any atom is 0.239 e. The highest BCUT2D eigenvalue weighted by Crippen LogP contribution is 2.40. The SMILES string of the molecule is NCC1(c2nc(N)n[nH]2)CCC1. The molecule has 0 unspecified atom stereocenters. The molecule has 0 atom stereocenters. The van der Waals surface area contributed by atoms with Gasteiger partial charge in [-0.3, -0.25) is 5.10 Å². The quantitative estimate of drug-likeness (QED) is 0.567. The third-order valence-electron chi connectivity index (χ3n) is 2.71. The van der Waals surface area contributed by atoms with Crippen LogP contribution in [0.25, 0.3) is 0 Å². The average molecular weight is 167 g/mol. The monoisotopic (exact) mass is 167 g/mol. The first-order valence-corrected chi connectivity index (χ1v) is 4.15. The van der Waals surface area contributed by atoms with Crippen molar-refractivity contribution in [1.82, 2.24) is 15.2 Å². The molecule has 1 fully saturated rings. The molecule has 0 spiro atoms. The summed E-state index contributed by atoms with van der Waals surface area (Å²) in [4.78, 5) is 4.11. The van der Waals surface area contributed by atoms with Crippen LogP contribution in [-0.2, 0) is 5.41 Å². The van der Waals surface area contributed by atoms with Crippen molar-refractivity contribution in [3.05, 3.63) is 5.82 Å². The first-order valence-electron chi connectivity index (χ1n) is 4.15. The van der Waals surface area contributed by atoms with Crippen molar-refractivity contribution in [2.75, 3.05) is 12.3 Å². The van der Waals surface area contributed by atoms with Gasteiger partial charge in [0.25, 0.3) is 0 Å². The summed E-state index contributed by atoms with van der Waals surface area (Å²) < 4.78 is 0. The molecule has 0 bridgehead atoms. The number of H-pyrrole nitrogens is 1. The maximum atomic E-state index is 5.68. The summed E-state index contributed by atoms with van der Waals surface area (Å²) in [5.74, 6) is 1.17. The highest BCUT2D eigenvalue weighted by molar-refractivity contribution is 5.20. The van der Waals surface area contributed by atoms with E-state index in [0.29, 0.717) is 12.5 Å². The van der Waals surface area contributed by atoms with Crippen molar-refractivity contribution in [3.63, 3.8) is 0 Å². The number of nitrogen functional groups attached to an aromatic ring is 1. The van der Waals surface area contributed by atoms with Crippen LogP contribution in [0, 0.1) is 0 Å². The van der Waals surface area contributed by atoms with E-state index in [-0.39, 0.29) is 5.41 Å². The second-order valence-electron chi connectivity index (χ2n) is 3.38. The number of hydrogen-bond acceptors (Lipinski definition) is 4. The number of nitrogens with two attached hydrogens (primary N) is 2. The van der Waals surface area contributed by atoms with E-state index in [1.807, 2.05) is 0 Å². The zero-order valence-electron chi connectivity index (χ0n) is 6.88. The van der Waals surface area contributed by atoms with Crippen LogP contribution in [0.2, 0.25) is 0 Å². The fourth-order valence-electron chi connectivity index (χ4n) is 1.65. The van der Waals surface area contributed by atoms with Crippen LogP contribution < -0.4 is 11.5 Å². The third-order valence-corrected chi connectivity index (χ3v) is 2.71. The average Bonchev–Trinajstić information content (AvgIpc) is 2.35. The first-order chi connectivity index (χ1) is 5.77. The topological polar surface area (TPSA) is 93.6 Å². The molecule has 1 aliphatic carbocycles. The maximum absolute atomic E-state index is 5.68. The van der Waals surface area contributed by atoms with Crippen LogP contribution in [-0.4, -0.2) is 21.7 Å². The van der Waals surface area contributed by atoms with Crippen molar-refractivity contribution in [3.8, 4) is 0 Å². The van der Waals surface area contributed by atoms with Gasteiger partial charge in [0.2, 0.25) is 5.95 Å². The lowest BCUT2D eigenvalue weighted by Crippen LogP contribution is -2.42. The zero-order chi connectivity index (χ0) is 8.60. The second-order valence-corrected chi connectivity index (χ2v) is 3.38. The summed E-state index contributed by atoms with van der Waals surface area (Å²) in [6.45, 7) is 0.627. The highest BCUT2D eigenvalue weighted by Gasteiger charge is 2.40. The molecule has 1 aliphatic rings. The number of aromatic amines is 1. The fraction of sp³-hybridized carbons (Fsp3) is 0.714. The van der Waals surface area contributed by atoms with E-state index < -0.39 is 0 Å². The molecule has 5 heteroatoms. The number of aromatic nitrogens is 3. The molecule has 0 aliphatic heterocycles. The number of rotatable bonds is 2. The van der Waals surface area contributed by atoms with Crippen LogP contribution in [0.15, 0.2) is 0 Å². The van der Waals surface area contributed by atoms with E-state index in [0.717, 1.165) is 18.7 Å². The van der Waals surface area contributed by atoms with Crippen molar-refractivity contribution in [2.45, 2.75) is 24.7 Å². The molecule has 0 aromatic carbocycles. The summed E-state index contributed by atoms with van der Waals surface area (Å²) in [6, 6.07) is 0.